The van der Waals surface area contributed by atoms with Crippen molar-refractivity contribution in [3.8, 4) is 11.5 Å². The lowest BCUT2D eigenvalue weighted by Gasteiger charge is -2.29. The van der Waals surface area contributed by atoms with Gasteiger partial charge in [-0.1, -0.05) is 12.1 Å². The van der Waals surface area contributed by atoms with Crippen molar-refractivity contribution in [2.45, 2.75) is 6.10 Å². The van der Waals surface area contributed by atoms with Crippen LogP contribution in [-0.2, 0) is 0 Å². The molecule has 0 N–H and O–H groups in total. The Balaban J connectivity index is 0.00000144. The quantitative estimate of drug-likeness (QED) is 0.789. The standard InChI is InChI=1S/C12H16ClNO2.ClH/c1-14(7-6-13)8-10-9-15-11-4-2-3-5-12(11)16-10;/h2-5,10H,6-9H2,1H3;1H. The van der Waals surface area contributed by atoms with E-state index in [2.05, 4.69) is 4.90 Å². The molecule has 1 aromatic carbocycles. The molecule has 0 saturated heterocycles. The number of fused-ring (bicyclic) bond motifs is 1. The predicted molar refractivity (Wildman–Crippen MR) is 71.8 cm³/mol. The summed E-state index contributed by atoms with van der Waals surface area (Å²) < 4.78 is 11.5. The van der Waals surface area contributed by atoms with Crippen molar-refractivity contribution in [2.75, 3.05) is 32.6 Å². The maximum absolute atomic E-state index is 5.84. The Morgan fingerprint density at radius 3 is 2.76 bits per heavy atom. The van der Waals surface area contributed by atoms with E-state index in [1.165, 1.54) is 0 Å². The van der Waals surface area contributed by atoms with Crippen LogP contribution >= 0.6 is 24.0 Å². The number of likely N-dealkylation sites (N-methyl/N-ethyl adjacent to an activating group) is 1. The highest BCUT2D eigenvalue weighted by atomic mass is 35.5. The van der Waals surface area contributed by atoms with Crippen LogP contribution in [0.5, 0.6) is 11.5 Å². The molecule has 0 aromatic heterocycles. The van der Waals surface area contributed by atoms with E-state index >= 15 is 0 Å². The van der Waals surface area contributed by atoms with Crippen LogP contribution in [0.15, 0.2) is 24.3 Å². The molecular weight excluding hydrogens is 261 g/mol. The maximum Gasteiger partial charge on any atom is 0.161 e. The zero-order valence-electron chi connectivity index (χ0n) is 9.77. The lowest BCUT2D eigenvalue weighted by atomic mass is 10.2. The minimum absolute atomic E-state index is 0. The Hall–Kier alpha value is -0.640. The van der Waals surface area contributed by atoms with Crippen LogP contribution in [-0.4, -0.2) is 43.6 Å². The van der Waals surface area contributed by atoms with Crippen molar-refractivity contribution in [1.82, 2.24) is 4.90 Å². The van der Waals surface area contributed by atoms with E-state index in [0.29, 0.717) is 12.5 Å². The summed E-state index contributed by atoms with van der Waals surface area (Å²) >= 11 is 5.68. The summed E-state index contributed by atoms with van der Waals surface area (Å²) in [6.45, 7) is 2.30. The summed E-state index contributed by atoms with van der Waals surface area (Å²) in [6.07, 6.45) is 0.0862. The second kappa shape index (κ2) is 6.94. The zero-order chi connectivity index (χ0) is 11.4. The molecule has 5 heteroatoms. The number of nitrogens with zero attached hydrogens (tertiary/aromatic N) is 1. The van der Waals surface area contributed by atoms with Crippen LogP contribution in [0.1, 0.15) is 0 Å². The Kier molecular flexibility index (Phi) is 5.89. The van der Waals surface area contributed by atoms with E-state index in [4.69, 9.17) is 21.1 Å². The van der Waals surface area contributed by atoms with Gasteiger partial charge in [-0.15, -0.1) is 24.0 Å². The molecule has 2 rings (SSSR count). The summed E-state index contributed by atoms with van der Waals surface area (Å²) in [4.78, 5) is 2.15. The van der Waals surface area contributed by atoms with Crippen molar-refractivity contribution in [1.29, 1.82) is 0 Å². The van der Waals surface area contributed by atoms with Crippen LogP contribution in [0, 0.1) is 0 Å². The molecule has 1 aromatic rings. The average Bonchev–Trinajstić information content (AvgIpc) is 2.29. The van der Waals surface area contributed by atoms with Crippen LogP contribution in [0.4, 0.5) is 0 Å². The maximum atomic E-state index is 5.84. The van der Waals surface area contributed by atoms with Gasteiger partial charge in [-0.3, -0.25) is 0 Å². The molecule has 0 bridgehead atoms. The lowest BCUT2D eigenvalue weighted by molar-refractivity contribution is 0.0669. The minimum Gasteiger partial charge on any atom is -0.486 e. The Morgan fingerprint density at radius 1 is 1.35 bits per heavy atom. The Bertz CT molecular complexity index is 349. The molecule has 0 radical (unpaired) electrons. The monoisotopic (exact) mass is 277 g/mol. The van der Waals surface area contributed by atoms with Crippen LogP contribution < -0.4 is 9.47 Å². The fourth-order valence-electron chi connectivity index (χ4n) is 1.74. The second-order valence-corrected chi connectivity index (χ2v) is 4.33. The van der Waals surface area contributed by atoms with Gasteiger partial charge in [0.15, 0.2) is 11.5 Å². The third-order valence-electron chi connectivity index (χ3n) is 2.55. The fourth-order valence-corrected chi connectivity index (χ4v) is 2.02. The van der Waals surface area contributed by atoms with E-state index in [-0.39, 0.29) is 18.5 Å². The predicted octanol–water partition coefficient (Wildman–Crippen LogP) is 2.42. The first-order chi connectivity index (χ1) is 7.79. The molecule has 1 unspecified atom stereocenters. The molecule has 17 heavy (non-hydrogen) atoms. The molecule has 0 spiro atoms. The highest BCUT2D eigenvalue weighted by Crippen LogP contribution is 2.30. The summed E-state index contributed by atoms with van der Waals surface area (Å²) in [7, 11) is 2.03. The van der Waals surface area contributed by atoms with E-state index < -0.39 is 0 Å². The number of rotatable bonds is 4. The normalized spacial score (nSPS) is 17.7. The van der Waals surface area contributed by atoms with Crippen molar-refractivity contribution in [3.63, 3.8) is 0 Å². The van der Waals surface area contributed by atoms with Crippen LogP contribution in [0.3, 0.4) is 0 Å². The molecular formula is C12H17Cl2NO2. The Morgan fingerprint density at radius 2 is 2.06 bits per heavy atom. The number of benzene rings is 1. The SMILES string of the molecule is CN(CCCl)CC1COc2ccccc2O1.Cl. The number of hydrogen-bond acceptors (Lipinski definition) is 3. The minimum atomic E-state index is 0. The number of halogens is 2. The zero-order valence-corrected chi connectivity index (χ0v) is 11.3. The molecule has 3 nitrogen and oxygen atoms in total. The number of para-hydroxylation sites is 2. The smallest absolute Gasteiger partial charge is 0.161 e. The molecule has 1 atom stereocenters. The third kappa shape index (κ3) is 3.95. The fraction of sp³-hybridized carbons (Fsp3) is 0.500. The van der Waals surface area contributed by atoms with Crippen molar-refractivity contribution >= 4 is 24.0 Å². The van der Waals surface area contributed by atoms with Gasteiger partial charge in [-0.05, 0) is 19.2 Å². The van der Waals surface area contributed by atoms with E-state index in [0.717, 1.165) is 24.6 Å². The van der Waals surface area contributed by atoms with Gasteiger partial charge in [-0.2, -0.15) is 0 Å². The number of alkyl halides is 1. The van der Waals surface area contributed by atoms with E-state index in [9.17, 15) is 0 Å². The van der Waals surface area contributed by atoms with E-state index in [1.54, 1.807) is 0 Å². The largest absolute Gasteiger partial charge is 0.486 e. The Labute approximate surface area is 113 Å². The number of hydrogen-bond donors (Lipinski definition) is 0. The van der Waals surface area contributed by atoms with Crippen LogP contribution in [0.25, 0.3) is 0 Å². The van der Waals surface area contributed by atoms with Crippen molar-refractivity contribution < 1.29 is 9.47 Å². The highest BCUT2D eigenvalue weighted by Gasteiger charge is 2.21. The topological polar surface area (TPSA) is 21.7 Å². The summed E-state index contributed by atoms with van der Waals surface area (Å²) in [5.41, 5.74) is 0. The van der Waals surface area contributed by atoms with Gasteiger partial charge in [0.25, 0.3) is 0 Å². The van der Waals surface area contributed by atoms with Gasteiger partial charge in [0.1, 0.15) is 12.7 Å². The van der Waals surface area contributed by atoms with Gasteiger partial charge < -0.3 is 14.4 Å². The molecule has 0 aliphatic carbocycles. The van der Waals surface area contributed by atoms with E-state index in [1.807, 2.05) is 31.3 Å². The molecule has 1 heterocycles. The average molecular weight is 278 g/mol. The highest BCUT2D eigenvalue weighted by molar-refractivity contribution is 6.18. The number of ether oxygens (including phenoxy) is 2. The summed E-state index contributed by atoms with van der Waals surface area (Å²) in [5, 5.41) is 0. The van der Waals surface area contributed by atoms with Gasteiger partial charge >= 0.3 is 0 Å². The van der Waals surface area contributed by atoms with Crippen LogP contribution in [0.2, 0.25) is 0 Å². The third-order valence-corrected chi connectivity index (χ3v) is 2.72. The molecule has 0 amide bonds. The summed E-state index contributed by atoms with van der Waals surface area (Å²) in [5.74, 6) is 2.30. The molecule has 1 aliphatic rings. The molecule has 96 valence electrons. The van der Waals surface area contributed by atoms with Crippen molar-refractivity contribution in [3.05, 3.63) is 24.3 Å². The molecule has 0 fully saturated rings. The first kappa shape index (κ1) is 14.4. The van der Waals surface area contributed by atoms with Gasteiger partial charge in [-0.25, -0.2) is 0 Å². The second-order valence-electron chi connectivity index (χ2n) is 3.95. The summed E-state index contributed by atoms with van der Waals surface area (Å²) in [6, 6.07) is 7.76. The van der Waals surface area contributed by atoms with Gasteiger partial charge in [0.2, 0.25) is 0 Å². The van der Waals surface area contributed by atoms with Crippen molar-refractivity contribution in [2.24, 2.45) is 0 Å². The first-order valence-electron chi connectivity index (χ1n) is 5.42. The van der Waals surface area contributed by atoms with Gasteiger partial charge in [0, 0.05) is 19.0 Å². The first-order valence-corrected chi connectivity index (χ1v) is 5.96. The molecule has 1 aliphatic heterocycles. The molecule has 0 saturated carbocycles. The lowest BCUT2D eigenvalue weighted by Crippen LogP contribution is -2.40. The van der Waals surface area contributed by atoms with Gasteiger partial charge in [0.05, 0.1) is 0 Å².